The molecule has 0 bridgehead atoms. The third kappa shape index (κ3) is 3.73. The molecular formula is C16H15NO2S. The van der Waals surface area contributed by atoms with E-state index in [-0.39, 0.29) is 0 Å². The molecule has 2 aromatic rings. The van der Waals surface area contributed by atoms with Crippen LogP contribution in [0.25, 0.3) is 0 Å². The third-order valence-electron chi connectivity index (χ3n) is 2.92. The Labute approximate surface area is 123 Å². The molecule has 0 unspecified atom stereocenters. The first-order valence-electron chi connectivity index (χ1n) is 6.28. The summed E-state index contributed by atoms with van der Waals surface area (Å²) in [5, 5.41) is 12.3. The van der Waals surface area contributed by atoms with Gasteiger partial charge in [0.15, 0.2) is 0 Å². The van der Waals surface area contributed by atoms with Crippen LogP contribution in [-0.2, 0) is 11.3 Å². The highest BCUT2D eigenvalue weighted by molar-refractivity contribution is 7.81. The highest BCUT2D eigenvalue weighted by Gasteiger charge is 2.22. The van der Waals surface area contributed by atoms with Crippen LogP contribution in [0.15, 0.2) is 60.7 Å². The molecule has 0 spiro atoms. The van der Waals surface area contributed by atoms with Crippen LogP contribution in [-0.4, -0.2) is 22.0 Å². The summed E-state index contributed by atoms with van der Waals surface area (Å²) in [5.41, 5.74) is 1.78. The van der Waals surface area contributed by atoms with Gasteiger partial charge in [-0.25, -0.2) is 0 Å². The summed E-state index contributed by atoms with van der Waals surface area (Å²) in [6.07, 6.45) is 0. The summed E-state index contributed by atoms with van der Waals surface area (Å²) in [5.74, 6) is -0.963. The maximum absolute atomic E-state index is 11.4. The molecule has 20 heavy (non-hydrogen) atoms. The number of rotatable bonds is 6. The first-order valence-corrected chi connectivity index (χ1v) is 6.68. The van der Waals surface area contributed by atoms with Gasteiger partial charge in [0.25, 0.3) is 0 Å². The van der Waals surface area contributed by atoms with Crippen LogP contribution < -0.4 is 5.32 Å². The van der Waals surface area contributed by atoms with Crippen molar-refractivity contribution in [1.82, 2.24) is 5.32 Å². The van der Waals surface area contributed by atoms with Crippen molar-refractivity contribution < 1.29 is 9.90 Å². The molecule has 1 atom stereocenters. The van der Waals surface area contributed by atoms with Gasteiger partial charge < -0.3 is 5.11 Å². The fourth-order valence-electron chi connectivity index (χ4n) is 1.88. The van der Waals surface area contributed by atoms with Gasteiger partial charge in [-0.15, -0.1) is 0 Å². The van der Waals surface area contributed by atoms with Gasteiger partial charge in [-0.05, 0) is 11.1 Å². The Kier molecular flexibility index (Phi) is 4.98. The van der Waals surface area contributed by atoms with Crippen LogP contribution >= 0.6 is 12.2 Å². The molecule has 2 aromatic carbocycles. The van der Waals surface area contributed by atoms with Crippen molar-refractivity contribution in [3.63, 3.8) is 0 Å². The number of carboxylic acid groups (broad SMARTS) is 1. The largest absolute Gasteiger partial charge is 0.480 e. The lowest BCUT2D eigenvalue weighted by molar-refractivity contribution is -0.137. The number of thiocarbonyl (C=S) groups is 1. The van der Waals surface area contributed by atoms with Gasteiger partial charge in [0.05, 0.1) is 4.86 Å². The Morgan fingerprint density at radius 2 is 1.60 bits per heavy atom. The summed E-state index contributed by atoms with van der Waals surface area (Å²) in [4.78, 5) is 11.8. The normalized spacial score (nSPS) is 11.8. The predicted octanol–water partition coefficient (Wildman–Crippen LogP) is 2.65. The standard InChI is InChI=1S/C16H15NO2S/c18-16(19)14(15(20)13-9-5-2-6-10-13)17-11-12-7-3-1-4-8-12/h1-10,14,17H,11H2,(H,18,19)/t14-/m0/s1. The van der Waals surface area contributed by atoms with E-state index < -0.39 is 12.0 Å². The van der Waals surface area contributed by atoms with Crippen molar-refractivity contribution in [2.24, 2.45) is 0 Å². The first kappa shape index (κ1) is 14.4. The van der Waals surface area contributed by atoms with Crippen LogP contribution in [0, 0.1) is 0 Å². The first-order chi connectivity index (χ1) is 9.68. The molecule has 0 aliphatic heterocycles. The molecule has 0 aliphatic carbocycles. The molecule has 0 fully saturated rings. The van der Waals surface area contributed by atoms with Gasteiger partial charge in [0.1, 0.15) is 6.04 Å². The van der Waals surface area contributed by atoms with Crippen molar-refractivity contribution in [1.29, 1.82) is 0 Å². The molecule has 0 aromatic heterocycles. The monoisotopic (exact) mass is 285 g/mol. The minimum Gasteiger partial charge on any atom is -0.480 e. The van der Waals surface area contributed by atoms with E-state index in [0.717, 1.165) is 11.1 Å². The highest BCUT2D eigenvalue weighted by atomic mass is 32.1. The molecule has 0 radical (unpaired) electrons. The van der Waals surface area contributed by atoms with Crippen molar-refractivity contribution in [3.05, 3.63) is 71.8 Å². The quantitative estimate of drug-likeness (QED) is 0.633. The van der Waals surface area contributed by atoms with Gasteiger partial charge >= 0.3 is 5.97 Å². The molecule has 2 rings (SSSR count). The van der Waals surface area contributed by atoms with E-state index >= 15 is 0 Å². The summed E-state index contributed by atoms with van der Waals surface area (Å²) >= 11 is 5.29. The average Bonchev–Trinajstić information content (AvgIpc) is 2.49. The zero-order valence-electron chi connectivity index (χ0n) is 10.8. The Balaban J connectivity index is 2.08. The van der Waals surface area contributed by atoms with Crippen molar-refractivity contribution in [2.75, 3.05) is 0 Å². The third-order valence-corrected chi connectivity index (χ3v) is 3.39. The number of aliphatic carboxylic acids is 1. The summed E-state index contributed by atoms with van der Waals surface area (Å²) < 4.78 is 0. The molecule has 0 amide bonds. The maximum Gasteiger partial charge on any atom is 0.326 e. The predicted molar refractivity (Wildman–Crippen MR) is 82.8 cm³/mol. The number of carbonyl (C=O) groups is 1. The van der Waals surface area contributed by atoms with Crippen LogP contribution in [0.5, 0.6) is 0 Å². The second-order valence-electron chi connectivity index (χ2n) is 4.37. The number of hydrogen-bond acceptors (Lipinski definition) is 3. The van der Waals surface area contributed by atoms with E-state index in [4.69, 9.17) is 12.2 Å². The Morgan fingerprint density at radius 3 is 2.15 bits per heavy atom. The highest BCUT2D eigenvalue weighted by Crippen LogP contribution is 2.07. The number of hydrogen-bond donors (Lipinski definition) is 2. The van der Waals surface area contributed by atoms with E-state index in [1.165, 1.54) is 0 Å². The van der Waals surface area contributed by atoms with E-state index in [1.807, 2.05) is 60.7 Å². The maximum atomic E-state index is 11.4. The topological polar surface area (TPSA) is 49.3 Å². The minimum atomic E-state index is -0.963. The van der Waals surface area contributed by atoms with Gasteiger partial charge in [-0.2, -0.15) is 0 Å². The lowest BCUT2D eigenvalue weighted by Crippen LogP contribution is -2.42. The van der Waals surface area contributed by atoms with Crippen LogP contribution in [0.1, 0.15) is 11.1 Å². The second-order valence-corrected chi connectivity index (χ2v) is 4.81. The minimum absolute atomic E-state index is 0.397. The van der Waals surface area contributed by atoms with Crippen molar-refractivity contribution >= 4 is 23.1 Å². The van der Waals surface area contributed by atoms with Crippen molar-refractivity contribution in [3.8, 4) is 0 Å². The molecular weight excluding hydrogens is 270 g/mol. The van der Waals surface area contributed by atoms with Gasteiger partial charge in [-0.3, -0.25) is 10.1 Å². The second kappa shape index (κ2) is 6.93. The summed E-state index contributed by atoms with van der Waals surface area (Å²) in [6.45, 7) is 0.463. The summed E-state index contributed by atoms with van der Waals surface area (Å²) in [6, 6.07) is 18.0. The molecule has 0 saturated heterocycles. The van der Waals surface area contributed by atoms with Crippen LogP contribution in [0.2, 0.25) is 0 Å². The van der Waals surface area contributed by atoms with Gasteiger partial charge in [0.2, 0.25) is 0 Å². The zero-order valence-corrected chi connectivity index (χ0v) is 11.6. The number of carboxylic acids is 1. The molecule has 2 N–H and O–H groups in total. The average molecular weight is 285 g/mol. The molecule has 102 valence electrons. The smallest absolute Gasteiger partial charge is 0.326 e. The number of benzene rings is 2. The molecule has 4 heteroatoms. The van der Waals surface area contributed by atoms with Gasteiger partial charge in [-0.1, -0.05) is 72.9 Å². The molecule has 0 saturated carbocycles. The Hall–Kier alpha value is -2.04. The fourth-order valence-corrected chi connectivity index (χ4v) is 2.20. The molecule has 0 aliphatic rings. The van der Waals surface area contributed by atoms with Crippen LogP contribution in [0.3, 0.4) is 0 Å². The summed E-state index contributed by atoms with van der Waals surface area (Å²) in [7, 11) is 0. The van der Waals surface area contributed by atoms with E-state index in [0.29, 0.717) is 11.4 Å². The lowest BCUT2D eigenvalue weighted by Gasteiger charge is -2.16. The fraction of sp³-hybridized carbons (Fsp3) is 0.125. The van der Waals surface area contributed by atoms with E-state index in [1.54, 1.807) is 0 Å². The lowest BCUT2D eigenvalue weighted by atomic mass is 10.1. The van der Waals surface area contributed by atoms with E-state index in [2.05, 4.69) is 5.32 Å². The Morgan fingerprint density at radius 1 is 1.05 bits per heavy atom. The number of nitrogens with one attached hydrogen (secondary N) is 1. The Bertz CT molecular complexity index is 584. The van der Waals surface area contributed by atoms with Crippen LogP contribution in [0.4, 0.5) is 0 Å². The van der Waals surface area contributed by atoms with E-state index in [9.17, 15) is 9.90 Å². The zero-order chi connectivity index (χ0) is 14.4. The molecule has 3 nitrogen and oxygen atoms in total. The van der Waals surface area contributed by atoms with Crippen molar-refractivity contribution in [2.45, 2.75) is 12.6 Å². The van der Waals surface area contributed by atoms with Gasteiger partial charge in [0, 0.05) is 6.54 Å². The SMILES string of the molecule is O=C(O)[C@@H](NCc1ccccc1)C(=S)c1ccccc1. The molecule has 0 heterocycles.